The van der Waals surface area contributed by atoms with Gasteiger partial charge >= 0.3 is 0 Å². The minimum Gasteiger partial charge on any atom is -0.298 e. The first-order chi connectivity index (χ1) is 9.61. The maximum absolute atomic E-state index is 12.1. The first kappa shape index (κ1) is 13.2. The fourth-order valence-electron chi connectivity index (χ4n) is 1.76. The standard InChI is InChI=1S/C14H10BrN3OS/c1-8-2-4-10-11(6-8)20-14(17-10)18-13(19)9-3-5-12(15)16-7-9/h2-7H,1H3,(H,17,18,19). The van der Waals surface area contributed by atoms with E-state index in [4.69, 9.17) is 0 Å². The minimum atomic E-state index is -0.208. The maximum atomic E-state index is 12.1. The van der Waals surface area contributed by atoms with Crippen molar-refractivity contribution < 1.29 is 4.79 Å². The molecule has 0 aliphatic rings. The van der Waals surface area contributed by atoms with Crippen LogP contribution in [-0.4, -0.2) is 15.9 Å². The van der Waals surface area contributed by atoms with Gasteiger partial charge in [0.05, 0.1) is 15.8 Å². The number of thiazole rings is 1. The van der Waals surface area contributed by atoms with Crippen LogP contribution in [0.1, 0.15) is 15.9 Å². The second-order valence-corrected chi connectivity index (χ2v) is 6.16. The molecule has 1 aromatic carbocycles. The number of benzene rings is 1. The summed E-state index contributed by atoms with van der Waals surface area (Å²) in [4.78, 5) is 20.5. The summed E-state index contributed by atoms with van der Waals surface area (Å²) in [6.45, 7) is 2.03. The zero-order valence-electron chi connectivity index (χ0n) is 10.6. The number of nitrogens with one attached hydrogen (secondary N) is 1. The van der Waals surface area contributed by atoms with Crippen molar-refractivity contribution in [1.29, 1.82) is 0 Å². The minimum absolute atomic E-state index is 0.208. The van der Waals surface area contributed by atoms with Crippen LogP contribution >= 0.6 is 27.3 Å². The number of hydrogen-bond donors (Lipinski definition) is 1. The second kappa shape index (κ2) is 5.30. The van der Waals surface area contributed by atoms with Crippen LogP contribution in [-0.2, 0) is 0 Å². The second-order valence-electron chi connectivity index (χ2n) is 4.31. The lowest BCUT2D eigenvalue weighted by molar-refractivity contribution is 0.102. The van der Waals surface area contributed by atoms with E-state index in [1.165, 1.54) is 23.1 Å². The Morgan fingerprint density at radius 1 is 1.30 bits per heavy atom. The van der Waals surface area contributed by atoms with Crippen LogP contribution in [0.4, 0.5) is 5.13 Å². The Hall–Kier alpha value is -1.79. The van der Waals surface area contributed by atoms with Crippen molar-refractivity contribution in [3.05, 3.63) is 52.3 Å². The molecule has 0 radical (unpaired) electrons. The molecule has 1 amide bonds. The molecule has 0 saturated carbocycles. The van der Waals surface area contributed by atoms with E-state index in [9.17, 15) is 4.79 Å². The van der Waals surface area contributed by atoms with Crippen LogP contribution in [0.15, 0.2) is 41.1 Å². The van der Waals surface area contributed by atoms with Crippen molar-refractivity contribution in [2.45, 2.75) is 6.92 Å². The molecule has 4 nitrogen and oxygen atoms in total. The molecular weight excluding hydrogens is 338 g/mol. The summed E-state index contributed by atoms with van der Waals surface area (Å²) in [5.41, 5.74) is 2.57. The molecule has 0 fully saturated rings. The molecular formula is C14H10BrN3OS. The van der Waals surface area contributed by atoms with Crippen LogP contribution in [0, 0.1) is 6.92 Å². The van der Waals surface area contributed by atoms with E-state index in [1.54, 1.807) is 12.1 Å². The van der Waals surface area contributed by atoms with Gasteiger partial charge in [-0.15, -0.1) is 0 Å². The van der Waals surface area contributed by atoms with Gasteiger partial charge in [-0.2, -0.15) is 0 Å². The predicted octanol–water partition coefficient (Wildman–Crippen LogP) is 4.01. The van der Waals surface area contributed by atoms with Crippen molar-refractivity contribution in [2.24, 2.45) is 0 Å². The third-order valence-corrected chi connectivity index (χ3v) is 4.16. The van der Waals surface area contributed by atoms with E-state index >= 15 is 0 Å². The number of nitrogens with zero attached hydrogens (tertiary/aromatic N) is 2. The lowest BCUT2D eigenvalue weighted by Gasteiger charge is -2.00. The highest BCUT2D eigenvalue weighted by molar-refractivity contribution is 9.10. The topological polar surface area (TPSA) is 54.9 Å². The molecule has 100 valence electrons. The van der Waals surface area contributed by atoms with Crippen LogP contribution in [0.25, 0.3) is 10.2 Å². The maximum Gasteiger partial charge on any atom is 0.259 e. The summed E-state index contributed by atoms with van der Waals surface area (Å²) in [6.07, 6.45) is 1.52. The lowest BCUT2D eigenvalue weighted by atomic mass is 10.2. The van der Waals surface area contributed by atoms with Gasteiger partial charge in [-0.25, -0.2) is 9.97 Å². The van der Waals surface area contributed by atoms with Gasteiger partial charge in [-0.1, -0.05) is 17.4 Å². The third-order valence-electron chi connectivity index (χ3n) is 2.75. The highest BCUT2D eigenvalue weighted by Crippen LogP contribution is 2.26. The first-order valence-electron chi connectivity index (χ1n) is 5.92. The third kappa shape index (κ3) is 2.71. The molecule has 0 atom stereocenters. The highest BCUT2D eigenvalue weighted by atomic mass is 79.9. The Balaban J connectivity index is 1.85. The van der Waals surface area contributed by atoms with E-state index in [2.05, 4.69) is 37.3 Å². The number of rotatable bonds is 2. The smallest absolute Gasteiger partial charge is 0.259 e. The summed E-state index contributed by atoms with van der Waals surface area (Å²) in [5, 5.41) is 3.40. The Kier molecular flexibility index (Phi) is 3.50. The number of amides is 1. The number of halogens is 1. The monoisotopic (exact) mass is 347 g/mol. The first-order valence-corrected chi connectivity index (χ1v) is 7.53. The molecule has 0 aliphatic carbocycles. The van der Waals surface area contributed by atoms with Gasteiger partial charge in [0.25, 0.3) is 5.91 Å². The molecule has 0 aliphatic heterocycles. The van der Waals surface area contributed by atoms with E-state index in [0.29, 0.717) is 15.3 Å². The zero-order chi connectivity index (χ0) is 14.1. The molecule has 0 bridgehead atoms. The zero-order valence-corrected chi connectivity index (χ0v) is 13.0. The summed E-state index contributed by atoms with van der Waals surface area (Å²) in [6, 6.07) is 9.47. The summed E-state index contributed by atoms with van der Waals surface area (Å²) in [7, 11) is 0. The Morgan fingerprint density at radius 3 is 2.90 bits per heavy atom. The van der Waals surface area contributed by atoms with Gasteiger partial charge in [-0.05, 0) is 52.7 Å². The molecule has 0 saturated heterocycles. The van der Waals surface area contributed by atoms with E-state index in [1.807, 2.05) is 19.1 Å². The van der Waals surface area contributed by atoms with Crippen LogP contribution in [0.5, 0.6) is 0 Å². The number of hydrogen-bond acceptors (Lipinski definition) is 4. The van der Waals surface area contributed by atoms with Gasteiger partial charge in [0, 0.05) is 6.20 Å². The van der Waals surface area contributed by atoms with Crippen molar-refractivity contribution in [3.8, 4) is 0 Å². The average Bonchev–Trinajstić information content (AvgIpc) is 2.80. The van der Waals surface area contributed by atoms with Crippen molar-refractivity contribution >= 4 is 48.5 Å². The molecule has 20 heavy (non-hydrogen) atoms. The SMILES string of the molecule is Cc1ccc2nc(NC(=O)c3ccc(Br)nc3)sc2c1. The fourth-order valence-corrected chi connectivity index (χ4v) is 2.96. The van der Waals surface area contributed by atoms with Crippen LogP contribution in [0.3, 0.4) is 0 Å². The fraction of sp³-hybridized carbons (Fsp3) is 0.0714. The molecule has 3 aromatic rings. The molecule has 2 heterocycles. The number of fused-ring (bicyclic) bond motifs is 1. The summed E-state index contributed by atoms with van der Waals surface area (Å²) in [5.74, 6) is -0.208. The normalized spacial score (nSPS) is 10.7. The summed E-state index contributed by atoms with van der Waals surface area (Å²) < 4.78 is 1.76. The van der Waals surface area contributed by atoms with Gasteiger partial charge in [-0.3, -0.25) is 10.1 Å². The quantitative estimate of drug-likeness (QED) is 0.712. The summed E-state index contributed by atoms with van der Waals surface area (Å²) >= 11 is 4.70. The Morgan fingerprint density at radius 2 is 2.15 bits per heavy atom. The van der Waals surface area contributed by atoms with Crippen molar-refractivity contribution in [2.75, 3.05) is 5.32 Å². The van der Waals surface area contributed by atoms with Gasteiger partial charge < -0.3 is 0 Å². The molecule has 2 aromatic heterocycles. The number of carbonyl (C=O) groups excluding carboxylic acids is 1. The number of aromatic nitrogens is 2. The van der Waals surface area contributed by atoms with Crippen LogP contribution in [0.2, 0.25) is 0 Å². The van der Waals surface area contributed by atoms with Gasteiger partial charge in [0.2, 0.25) is 0 Å². The largest absolute Gasteiger partial charge is 0.298 e. The van der Waals surface area contributed by atoms with E-state index in [-0.39, 0.29) is 5.91 Å². The van der Waals surface area contributed by atoms with Crippen LogP contribution < -0.4 is 5.32 Å². The number of carbonyl (C=O) groups is 1. The molecule has 0 spiro atoms. The number of anilines is 1. The van der Waals surface area contributed by atoms with Gasteiger partial charge in [0.1, 0.15) is 4.60 Å². The number of aryl methyl sites for hydroxylation is 1. The highest BCUT2D eigenvalue weighted by Gasteiger charge is 2.10. The molecule has 1 N–H and O–H groups in total. The van der Waals surface area contributed by atoms with Crippen molar-refractivity contribution in [1.82, 2.24) is 9.97 Å². The molecule has 3 rings (SSSR count). The lowest BCUT2D eigenvalue weighted by Crippen LogP contribution is -2.11. The van der Waals surface area contributed by atoms with E-state index < -0.39 is 0 Å². The average molecular weight is 348 g/mol. The Labute approximate surface area is 128 Å². The predicted molar refractivity (Wildman–Crippen MR) is 84.2 cm³/mol. The molecule has 6 heteroatoms. The number of pyridine rings is 1. The Bertz CT molecular complexity index is 783. The van der Waals surface area contributed by atoms with Gasteiger partial charge in [0.15, 0.2) is 5.13 Å². The van der Waals surface area contributed by atoms with Crippen molar-refractivity contribution in [3.63, 3.8) is 0 Å². The molecule has 0 unspecified atom stereocenters. The van der Waals surface area contributed by atoms with E-state index in [0.717, 1.165) is 10.2 Å².